The molecule has 122 valence electrons. The first-order chi connectivity index (χ1) is 11.6. The maximum atomic E-state index is 12.7. The van der Waals surface area contributed by atoms with Crippen molar-refractivity contribution in [1.82, 2.24) is 4.98 Å². The number of H-pyrrole nitrogens is 1. The summed E-state index contributed by atoms with van der Waals surface area (Å²) in [6.45, 7) is 4.14. The summed E-state index contributed by atoms with van der Waals surface area (Å²) in [4.78, 5) is 16.3. The Labute approximate surface area is 142 Å². The molecule has 24 heavy (non-hydrogen) atoms. The van der Waals surface area contributed by atoms with Gasteiger partial charge in [0.05, 0.1) is 0 Å². The van der Waals surface area contributed by atoms with Crippen LogP contribution in [0.3, 0.4) is 0 Å². The number of aromatic nitrogens is 1. The Morgan fingerprint density at radius 1 is 1.17 bits per heavy atom. The number of nitrogens with one attached hydrogen (secondary N) is 2. The zero-order valence-corrected chi connectivity index (χ0v) is 14.1. The van der Waals surface area contributed by atoms with E-state index in [-0.39, 0.29) is 11.8 Å². The number of carbonyl (C=O) groups excluding carboxylic acids is 1. The van der Waals surface area contributed by atoms with Crippen LogP contribution >= 0.6 is 0 Å². The second-order valence-corrected chi connectivity index (χ2v) is 6.88. The molecule has 3 nitrogen and oxygen atoms in total. The van der Waals surface area contributed by atoms with Crippen LogP contribution in [0.2, 0.25) is 0 Å². The number of hydrogen-bond acceptors (Lipinski definition) is 1. The third-order valence-corrected chi connectivity index (χ3v) is 5.12. The van der Waals surface area contributed by atoms with E-state index in [0.717, 1.165) is 30.5 Å². The van der Waals surface area contributed by atoms with Gasteiger partial charge in [0.15, 0.2) is 0 Å². The Kier molecular flexibility index (Phi) is 3.64. The van der Waals surface area contributed by atoms with Crippen molar-refractivity contribution in [3.05, 3.63) is 64.8 Å². The number of fused-ring (bicyclic) bond motifs is 3. The third kappa shape index (κ3) is 2.60. The standard InChI is InChI=1S/C21H22N2O/c1-13-7-9-19-16(11-13)17-12-15(8-10-20(17)22-19)21(24)23-18-6-4-3-5-14(18)2/h3-7,9,11,15,22H,8,10,12H2,1-2H3,(H,23,24). The van der Waals surface area contributed by atoms with E-state index in [1.54, 1.807) is 0 Å². The lowest BCUT2D eigenvalue weighted by Gasteiger charge is -2.22. The first-order valence-corrected chi connectivity index (χ1v) is 8.58. The number of carbonyl (C=O) groups is 1. The van der Waals surface area contributed by atoms with Crippen LogP contribution in [0.1, 0.15) is 28.8 Å². The fourth-order valence-electron chi connectivity index (χ4n) is 3.70. The number of rotatable bonds is 2. The van der Waals surface area contributed by atoms with Gasteiger partial charge in [0.25, 0.3) is 0 Å². The predicted octanol–water partition coefficient (Wildman–Crippen LogP) is 4.53. The molecule has 2 aromatic carbocycles. The number of benzene rings is 2. The SMILES string of the molecule is Cc1ccc2[nH]c3c(c2c1)CC(C(=O)Nc1ccccc1C)CC3. The molecule has 0 aliphatic heterocycles. The number of hydrogen-bond donors (Lipinski definition) is 2. The van der Waals surface area contributed by atoms with E-state index in [4.69, 9.17) is 0 Å². The maximum absolute atomic E-state index is 12.7. The van der Waals surface area contributed by atoms with Crippen LogP contribution in [0.5, 0.6) is 0 Å². The monoisotopic (exact) mass is 318 g/mol. The minimum Gasteiger partial charge on any atom is -0.358 e. The number of aromatic amines is 1. The summed E-state index contributed by atoms with van der Waals surface area (Å²) in [6.07, 6.45) is 2.65. The average molecular weight is 318 g/mol. The van der Waals surface area contributed by atoms with Crippen molar-refractivity contribution in [3.8, 4) is 0 Å². The molecule has 1 aromatic heterocycles. The van der Waals surface area contributed by atoms with Gasteiger partial charge in [-0.05, 0) is 62.4 Å². The summed E-state index contributed by atoms with van der Waals surface area (Å²) in [5.74, 6) is 0.175. The van der Waals surface area contributed by atoms with Crippen molar-refractivity contribution in [2.24, 2.45) is 5.92 Å². The topological polar surface area (TPSA) is 44.9 Å². The van der Waals surface area contributed by atoms with Gasteiger partial charge in [-0.3, -0.25) is 4.79 Å². The van der Waals surface area contributed by atoms with Gasteiger partial charge in [-0.2, -0.15) is 0 Å². The Balaban J connectivity index is 1.59. The van der Waals surface area contributed by atoms with Crippen molar-refractivity contribution in [2.75, 3.05) is 5.32 Å². The van der Waals surface area contributed by atoms with Crippen LogP contribution in [0.4, 0.5) is 5.69 Å². The summed E-state index contributed by atoms with van der Waals surface area (Å²) < 4.78 is 0. The quantitative estimate of drug-likeness (QED) is 0.716. The van der Waals surface area contributed by atoms with E-state index in [1.807, 2.05) is 31.2 Å². The van der Waals surface area contributed by atoms with Gasteiger partial charge in [-0.25, -0.2) is 0 Å². The highest BCUT2D eigenvalue weighted by Gasteiger charge is 2.27. The summed E-state index contributed by atoms with van der Waals surface area (Å²) in [7, 11) is 0. The van der Waals surface area contributed by atoms with Crippen molar-refractivity contribution < 1.29 is 4.79 Å². The Morgan fingerprint density at radius 3 is 2.83 bits per heavy atom. The molecule has 3 heteroatoms. The molecule has 1 atom stereocenters. The van der Waals surface area contributed by atoms with Gasteiger partial charge < -0.3 is 10.3 Å². The minimum atomic E-state index is 0.0385. The normalized spacial score (nSPS) is 16.8. The Bertz CT molecular complexity index is 923. The summed E-state index contributed by atoms with van der Waals surface area (Å²) in [5.41, 5.74) is 7.09. The van der Waals surface area contributed by atoms with E-state index in [0.29, 0.717) is 0 Å². The lowest BCUT2D eigenvalue weighted by molar-refractivity contribution is -0.120. The maximum Gasteiger partial charge on any atom is 0.227 e. The van der Waals surface area contributed by atoms with Crippen molar-refractivity contribution >= 4 is 22.5 Å². The van der Waals surface area contributed by atoms with E-state index in [1.165, 1.54) is 27.7 Å². The van der Waals surface area contributed by atoms with Crippen molar-refractivity contribution in [2.45, 2.75) is 33.1 Å². The lowest BCUT2D eigenvalue weighted by Crippen LogP contribution is -2.28. The van der Waals surface area contributed by atoms with Gasteiger partial charge in [0.2, 0.25) is 5.91 Å². The first kappa shape index (κ1) is 15.0. The van der Waals surface area contributed by atoms with E-state index < -0.39 is 0 Å². The van der Waals surface area contributed by atoms with Crippen LogP contribution in [0.25, 0.3) is 10.9 Å². The van der Waals surface area contributed by atoms with Crippen LogP contribution in [-0.4, -0.2) is 10.9 Å². The molecule has 1 unspecified atom stereocenters. The molecule has 1 heterocycles. The minimum absolute atomic E-state index is 0.0385. The van der Waals surface area contributed by atoms with Gasteiger partial charge in [-0.1, -0.05) is 29.8 Å². The Morgan fingerprint density at radius 2 is 2.00 bits per heavy atom. The zero-order chi connectivity index (χ0) is 16.7. The van der Waals surface area contributed by atoms with Crippen molar-refractivity contribution in [3.63, 3.8) is 0 Å². The van der Waals surface area contributed by atoms with E-state index in [9.17, 15) is 4.79 Å². The molecule has 0 spiro atoms. The van der Waals surface area contributed by atoms with Gasteiger partial charge in [0.1, 0.15) is 0 Å². The van der Waals surface area contributed by atoms with Crippen molar-refractivity contribution in [1.29, 1.82) is 0 Å². The molecule has 1 aliphatic carbocycles. The van der Waals surface area contributed by atoms with Gasteiger partial charge in [-0.15, -0.1) is 0 Å². The fraction of sp³-hybridized carbons (Fsp3) is 0.286. The number of anilines is 1. The molecule has 0 bridgehead atoms. The van der Waals surface area contributed by atoms with Crippen LogP contribution in [0.15, 0.2) is 42.5 Å². The highest BCUT2D eigenvalue weighted by Crippen LogP contribution is 2.33. The molecule has 3 aromatic rings. The summed E-state index contributed by atoms with van der Waals surface area (Å²) >= 11 is 0. The molecule has 1 amide bonds. The number of aryl methyl sites for hydroxylation is 3. The van der Waals surface area contributed by atoms with Crippen LogP contribution in [0, 0.1) is 19.8 Å². The fourth-order valence-corrected chi connectivity index (χ4v) is 3.70. The van der Waals surface area contributed by atoms with Crippen LogP contribution in [-0.2, 0) is 17.6 Å². The second kappa shape index (κ2) is 5.82. The Hall–Kier alpha value is -2.55. The molecule has 0 saturated heterocycles. The molecular formula is C21H22N2O. The lowest BCUT2D eigenvalue weighted by atomic mass is 9.85. The van der Waals surface area contributed by atoms with Crippen LogP contribution < -0.4 is 5.32 Å². The summed E-state index contributed by atoms with van der Waals surface area (Å²) in [6, 6.07) is 14.5. The molecule has 1 aliphatic rings. The first-order valence-electron chi connectivity index (χ1n) is 8.58. The van der Waals surface area contributed by atoms with Gasteiger partial charge >= 0.3 is 0 Å². The number of amides is 1. The van der Waals surface area contributed by atoms with E-state index >= 15 is 0 Å². The smallest absolute Gasteiger partial charge is 0.227 e. The molecule has 0 fully saturated rings. The molecule has 0 saturated carbocycles. The van der Waals surface area contributed by atoms with Gasteiger partial charge in [0, 0.05) is 28.2 Å². The largest absolute Gasteiger partial charge is 0.358 e. The third-order valence-electron chi connectivity index (χ3n) is 5.12. The zero-order valence-electron chi connectivity index (χ0n) is 14.1. The average Bonchev–Trinajstić information content (AvgIpc) is 2.94. The van der Waals surface area contributed by atoms with E-state index in [2.05, 4.69) is 35.4 Å². The predicted molar refractivity (Wildman–Crippen MR) is 98.4 cm³/mol. The number of para-hydroxylation sites is 1. The molecule has 2 N–H and O–H groups in total. The molecule has 0 radical (unpaired) electrons. The molecular weight excluding hydrogens is 296 g/mol. The summed E-state index contributed by atoms with van der Waals surface area (Å²) in [5, 5.41) is 4.39. The highest BCUT2D eigenvalue weighted by molar-refractivity contribution is 5.94. The second-order valence-electron chi connectivity index (χ2n) is 6.88. The molecule has 4 rings (SSSR count). The highest BCUT2D eigenvalue weighted by atomic mass is 16.1.